The van der Waals surface area contributed by atoms with E-state index in [2.05, 4.69) is 26.9 Å². The van der Waals surface area contributed by atoms with Crippen LogP contribution in [0.1, 0.15) is 30.1 Å². The van der Waals surface area contributed by atoms with Crippen LogP contribution in [0.3, 0.4) is 0 Å². The number of aromatic nitrogens is 3. The zero-order valence-electron chi connectivity index (χ0n) is 12.5. The smallest absolute Gasteiger partial charge is 0.241 e. The predicted molar refractivity (Wildman–Crippen MR) is 80.6 cm³/mol. The van der Waals surface area contributed by atoms with E-state index in [1.54, 1.807) is 18.6 Å². The molecule has 0 aliphatic carbocycles. The molecule has 2 aromatic heterocycles. The van der Waals surface area contributed by atoms with Gasteiger partial charge in [0, 0.05) is 31.1 Å². The number of hydrogen-bond acceptors (Lipinski definition) is 5. The molecule has 1 aliphatic rings. The quantitative estimate of drug-likeness (QED) is 0.867. The van der Waals surface area contributed by atoms with Crippen molar-refractivity contribution in [1.82, 2.24) is 19.9 Å². The van der Waals surface area contributed by atoms with E-state index < -0.39 is 0 Å². The molecule has 110 valence electrons. The minimum Gasteiger partial charge on any atom is -0.435 e. The molecule has 3 heterocycles. The van der Waals surface area contributed by atoms with Crippen LogP contribution >= 0.6 is 0 Å². The molecule has 0 radical (unpaired) electrons. The Morgan fingerprint density at radius 2 is 2.05 bits per heavy atom. The normalized spacial score (nSPS) is 19.4. The third-order valence-electron chi connectivity index (χ3n) is 3.87. The number of piperidine rings is 1. The molecule has 0 N–H and O–H groups in total. The lowest BCUT2D eigenvalue weighted by atomic mass is 9.95. The van der Waals surface area contributed by atoms with Gasteiger partial charge in [0.25, 0.3) is 0 Å². The Morgan fingerprint density at radius 3 is 2.86 bits per heavy atom. The summed E-state index contributed by atoms with van der Waals surface area (Å²) in [6.45, 7) is 4.08. The van der Waals surface area contributed by atoms with Crippen molar-refractivity contribution in [2.45, 2.75) is 25.7 Å². The maximum Gasteiger partial charge on any atom is 0.241 e. The van der Waals surface area contributed by atoms with Crippen molar-refractivity contribution in [1.29, 1.82) is 0 Å². The van der Waals surface area contributed by atoms with Crippen LogP contribution in [-0.4, -0.2) is 40.0 Å². The van der Waals surface area contributed by atoms with Crippen LogP contribution in [0.4, 0.5) is 0 Å². The van der Waals surface area contributed by atoms with E-state index in [1.165, 1.54) is 6.42 Å². The van der Waals surface area contributed by atoms with Crippen molar-refractivity contribution in [3.8, 4) is 11.6 Å². The van der Waals surface area contributed by atoms with Gasteiger partial charge in [0.05, 0.1) is 5.69 Å². The van der Waals surface area contributed by atoms with Gasteiger partial charge in [0.1, 0.15) is 5.69 Å². The van der Waals surface area contributed by atoms with Crippen molar-refractivity contribution in [3.63, 3.8) is 0 Å². The van der Waals surface area contributed by atoms with Crippen LogP contribution in [-0.2, 0) is 0 Å². The molecule has 0 aromatic carbocycles. The lowest BCUT2D eigenvalue weighted by Crippen LogP contribution is -2.31. The number of nitrogens with zero attached hydrogens (tertiary/aromatic N) is 4. The number of pyridine rings is 1. The molecule has 1 atom stereocenters. The third-order valence-corrected chi connectivity index (χ3v) is 3.87. The summed E-state index contributed by atoms with van der Waals surface area (Å²) in [7, 11) is 2.15. The topological polar surface area (TPSA) is 51.1 Å². The maximum atomic E-state index is 5.97. The molecule has 3 rings (SSSR count). The van der Waals surface area contributed by atoms with Gasteiger partial charge in [0.2, 0.25) is 5.88 Å². The summed E-state index contributed by atoms with van der Waals surface area (Å²) in [4.78, 5) is 15.5. The first kappa shape index (κ1) is 13.9. The SMILES string of the molecule is Cc1ncccc1Oc1nccnc1[C@H]1CCCN(C)C1. The van der Waals surface area contributed by atoms with Gasteiger partial charge in [-0.3, -0.25) is 9.97 Å². The zero-order chi connectivity index (χ0) is 14.7. The van der Waals surface area contributed by atoms with Crippen LogP contribution in [0, 0.1) is 6.92 Å². The van der Waals surface area contributed by atoms with Crippen molar-refractivity contribution >= 4 is 0 Å². The summed E-state index contributed by atoms with van der Waals surface area (Å²) in [5.41, 5.74) is 1.81. The monoisotopic (exact) mass is 284 g/mol. The minimum atomic E-state index is 0.379. The van der Waals surface area contributed by atoms with Crippen molar-refractivity contribution < 1.29 is 4.74 Å². The van der Waals surface area contributed by atoms with E-state index >= 15 is 0 Å². The number of likely N-dealkylation sites (tertiary alicyclic amines) is 1. The number of hydrogen-bond donors (Lipinski definition) is 0. The molecule has 2 aromatic rings. The van der Waals surface area contributed by atoms with Crippen LogP contribution < -0.4 is 4.74 Å². The first-order chi connectivity index (χ1) is 10.2. The van der Waals surface area contributed by atoms with Gasteiger partial charge < -0.3 is 9.64 Å². The van der Waals surface area contributed by atoms with Crippen LogP contribution in [0.25, 0.3) is 0 Å². The molecule has 1 fully saturated rings. The van der Waals surface area contributed by atoms with E-state index in [0.717, 1.165) is 36.6 Å². The fourth-order valence-electron chi connectivity index (χ4n) is 2.77. The van der Waals surface area contributed by atoms with Crippen molar-refractivity contribution in [2.24, 2.45) is 0 Å². The number of ether oxygens (including phenoxy) is 1. The predicted octanol–water partition coefficient (Wildman–Crippen LogP) is 2.78. The van der Waals surface area contributed by atoms with Gasteiger partial charge in [-0.2, -0.15) is 0 Å². The highest BCUT2D eigenvalue weighted by molar-refractivity contribution is 5.33. The fourth-order valence-corrected chi connectivity index (χ4v) is 2.77. The van der Waals surface area contributed by atoms with E-state index in [4.69, 9.17) is 4.74 Å². The highest BCUT2D eigenvalue weighted by atomic mass is 16.5. The molecule has 1 aliphatic heterocycles. The lowest BCUT2D eigenvalue weighted by Gasteiger charge is -2.29. The second kappa shape index (κ2) is 6.18. The number of aryl methyl sites for hydroxylation is 1. The van der Waals surface area contributed by atoms with E-state index in [0.29, 0.717) is 11.8 Å². The van der Waals surface area contributed by atoms with Gasteiger partial charge in [-0.1, -0.05) is 0 Å². The van der Waals surface area contributed by atoms with Gasteiger partial charge in [0.15, 0.2) is 5.75 Å². The van der Waals surface area contributed by atoms with E-state index in [-0.39, 0.29) is 0 Å². The summed E-state index contributed by atoms with van der Waals surface area (Å²) in [5, 5.41) is 0. The molecule has 0 saturated carbocycles. The van der Waals surface area contributed by atoms with Crippen molar-refractivity contribution in [2.75, 3.05) is 20.1 Å². The molecular weight excluding hydrogens is 264 g/mol. The molecule has 5 nitrogen and oxygen atoms in total. The van der Waals surface area contributed by atoms with Crippen LogP contribution in [0.5, 0.6) is 11.6 Å². The Labute approximate surface area is 125 Å². The van der Waals surface area contributed by atoms with Crippen LogP contribution in [0.15, 0.2) is 30.7 Å². The molecular formula is C16H20N4O. The summed E-state index contributed by atoms with van der Waals surface area (Å²) >= 11 is 0. The summed E-state index contributed by atoms with van der Waals surface area (Å²) in [6.07, 6.45) is 7.49. The van der Waals surface area contributed by atoms with E-state index in [9.17, 15) is 0 Å². The second-order valence-corrected chi connectivity index (χ2v) is 5.54. The summed E-state index contributed by atoms with van der Waals surface area (Å²) in [6, 6.07) is 3.78. The number of likely N-dealkylation sites (N-methyl/N-ethyl adjacent to an activating group) is 1. The first-order valence-corrected chi connectivity index (χ1v) is 7.33. The minimum absolute atomic E-state index is 0.379. The Bertz CT molecular complexity index is 617. The largest absolute Gasteiger partial charge is 0.435 e. The Balaban J connectivity index is 1.87. The lowest BCUT2D eigenvalue weighted by molar-refractivity contribution is 0.245. The summed E-state index contributed by atoms with van der Waals surface area (Å²) in [5.74, 6) is 1.72. The average Bonchev–Trinajstić information content (AvgIpc) is 2.50. The molecule has 0 spiro atoms. The molecule has 21 heavy (non-hydrogen) atoms. The van der Waals surface area contributed by atoms with E-state index in [1.807, 2.05) is 19.1 Å². The first-order valence-electron chi connectivity index (χ1n) is 7.33. The molecule has 1 saturated heterocycles. The molecule has 0 bridgehead atoms. The van der Waals surface area contributed by atoms with Gasteiger partial charge >= 0.3 is 0 Å². The Kier molecular flexibility index (Phi) is 4.10. The number of rotatable bonds is 3. The molecule has 0 unspecified atom stereocenters. The van der Waals surface area contributed by atoms with Gasteiger partial charge in [-0.05, 0) is 45.5 Å². The van der Waals surface area contributed by atoms with Crippen LogP contribution in [0.2, 0.25) is 0 Å². The zero-order valence-corrected chi connectivity index (χ0v) is 12.5. The standard InChI is InChI=1S/C16H20N4O/c1-12-14(6-3-7-17-12)21-16-15(18-8-9-19-16)13-5-4-10-20(2)11-13/h3,6-9,13H,4-5,10-11H2,1-2H3/t13-/m0/s1. The second-order valence-electron chi connectivity index (χ2n) is 5.54. The summed E-state index contributed by atoms with van der Waals surface area (Å²) < 4.78 is 5.97. The average molecular weight is 284 g/mol. The maximum absolute atomic E-state index is 5.97. The fraction of sp³-hybridized carbons (Fsp3) is 0.438. The highest BCUT2D eigenvalue weighted by Gasteiger charge is 2.24. The molecule has 0 amide bonds. The van der Waals surface area contributed by atoms with Gasteiger partial charge in [-0.15, -0.1) is 0 Å². The molecule has 5 heteroatoms. The Morgan fingerprint density at radius 1 is 1.19 bits per heavy atom. The van der Waals surface area contributed by atoms with Crippen molar-refractivity contribution in [3.05, 3.63) is 42.1 Å². The third kappa shape index (κ3) is 3.19. The Hall–Kier alpha value is -2.01. The highest BCUT2D eigenvalue weighted by Crippen LogP contribution is 2.32. The van der Waals surface area contributed by atoms with Gasteiger partial charge in [-0.25, -0.2) is 4.98 Å².